The number of rotatable bonds is 7. The van der Waals surface area contributed by atoms with Crippen molar-refractivity contribution in [2.45, 2.75) is 64.7 Å². The van der Waals surface area contributed by atoms with Gasteiger partial charge in [-0.1, -0.05) is 24.1 Å². The van der Waals surface area contributed by atoms with E-state index in [4.69, 9.17) is 25.8 Å². The topological polar surface area (TPSA) is 85.3 Å². The molecule has 0 aliphatic carbocycles. The van der Waals surface area contributed by atoms with Gasteiger partial charge in [0.25, 0.3) is 5.91 Å². The van der Waals surface area contributed by atoms with E-state index in [0.29, 0.717) is 52.9 Å². The largest absolute Gasteiger partial charge is 0.489 e. The van der Waals surface area contributed by atoms with Gasteiger partial charge in [-0.15, -0.1) is 0 Å². The average Bonchev–Trinajstić information content (AvgIpc) is 3.55. The van der Waals surface area contributed by atoms with Crippen LogP contribution in [0.25, 0.3) is 22.2 Å². The summed E-state index contributed by atoms with van der Waals surface area (Å²) in [5, 5.41) is 4.20. The van der Waals surface area contributed by atoms with Gasteiger partial charge >= 0.3 is 6.09 Å². The Hall–Kier alpha value is -3.07. The van der Waals surface area contributed by atoms with Gasteiger partial charge in [0.15, 0.2) is 0 Å². The Morgan fingerprint density at radius 1 is 1.15 bits per heavy atom. The molecule has 9 heteroatoms. The smallest absolute Gasteiger partial charge is 0.419 e. The SMILES string of the molecule is CC(C)(C)OC(=O)n1c(-c2cc(OCC3CO3)c(Cl)c3c2C(=O)NC3)cc2cc(CCN3CCCCC3)ccc21. The van der Waals surface area contributed by atoms with Crippen LogP contribution in [-0.2, 0) is 22.4 Å². The zero-order chi connectivity index (χ0) is 28.0. The number of amides is 1. The van der Waals surface area contributed by atoms with E-state index in [1.54, 1.807) is 10.6 Å². The Kier molecular flexibility index (Phi) is 7.27. The highest BCUT2D eigenvalue weighted by Crippen LogP contribution is 2.42. The molecule has 3 aliphatic heterocycles. The Balaban J connectivity index is 1.44. The molecule has 2 saturated heterocycles. The van der Waals surface area contributed by atoms with E-state index < -0.39 is 11.7 Å². The number of carbonyl (C=O) groups excluding carboxylic acids is 2. The third-order valence-corrected chi connectivity index (χ3v) is 8.11. The van der Waals surface area contributed by atoms with E-state index in [9.17, 15) is 9.59 Å². The molecule has 6 rings (SSSR count). The van der Waals surface area contributed by atoms with Crippen molar-refractivity contribution in [1.29, 1.82) is 0 Å². The summed E-state index contributed by atoms with van der Waals surface area (Å²) in [5.41, 5.74) is 3.50. The van der Waals surface area contributed by atoms with Gasteiger partial charge in [-0.25, -0.2) is 9.36 Å². The minimum atomic E-state index is -0.697. The van der Waals surface area contributed by atoms with E-state index in [-0.39, 0.29) is 12.0 Å². The number of hydrogen-bond donors (Lipinski definition) is 1. The van der Waals surface area contributed by atoms with E-state index in [1.165, 1.54) is 24.8 Å². The summed E-state index contributed by atoms with van der Waals surface area (Å²) >= 11 is 6.71. The number of carbonyl (C=O) groups is 2. The van der Waals surface area contributed by atoms with Crippen LogP contribution >= 0.6 is 11.6 Å². The van der Waals surface area contributed by atoms with Crippen LogP contribution in [0, 0.1) is 0 Å². The number of likely N-dealkylation sites (tertiary alicyclic amines) is 1. The van der Waals surface area contributed by atoms with Crippen LogP contribution in [0.3, 0.4) is 0 Å². The molecule has 40 heavy (non-hydrogen) atoms. The molecule has 0 saturated carbocycles. The monoisotopic (exact) mass is 565 g/mol. The summed E-state index contributed by atoms with van der Waals surface area (Å²) in [6.07, 6.45) is 4.32. The fraction of sp³-hybridized carbons (Fsp3) is 0.484. The summed E-state index contributed by atoms with van der Waals surface area (Å²) in [4.78, 5) is 29.2. The van der Waals surface area contributed by atoms with Crippen LogP contribution in [-0.4, -0.2) is 66.0 Å². The van der Waals surface area contributed by atoms with Crippen molar-refractivity contribution in [2.75, 3.05) is 32.8 Å². The summed E-state index contributed by atoms with van der Waals surface area (Å²) in [5.74, 6) is 0.234. The van der Waals surface area contributed by atoms with Gasteiger partial charge in [-0.2, -0.15) is 0 Å². The lowest BCUT2D eigenvalue weighted by Crippen LogP contribution is -2.31. The lowest BCUT2D eigenvalue weighted by molar-refractivity contribution is 0.0547. The van der Waals surface area contributed by atoms with Gasteiger partial charge in [0.2, 0.25) is 0 Å². The van der Waals surface area contributed by atoms with Crippen LogP contribution in [0.4, 0.5) is 4.79 Å². The Morgan fingerprint density at radius 2 is 1.93 bits per heavy atom. The van der Waals surface area contributed by atoms with E-state index in [2.05, 4.69) is 22.3 Å². The lowest BCUT2D eigenvalue weighted by Gasteiger charge is -2.26. The van der Waals surface area contributed by atoms with Crippen molar-refractivity contribution in [3.8, 4) is 17.0 Å². The number of nitrogens with zero attached hydrogens (tertiary/aromatic N) is 2. The molecule has 4 heterocycles. The molecule has 0 bridgehead atoms. The second kappa shape index (κ2) is 10.7. The predicted octanol–water partition coefficient (Wildman–Crippen LogP) is 5.79. The van der Waals surface area contributed by atoms with Crippen LogP contribution in [0.15, 0.2) is 30.3 Å². The van der Waals surface area contributed by atoms with Gasteiger partial charge < -0.3 is 24.4 Å². The minimum absolute atomic E-state index is 0.0455. The molecule has 1 atom stereocenters. The zero-order valence-corrected chi connectivity index (χ0v) is 24.1. The van der Waals surface area contributed by atoms with Gasteiger partial charge in [0.05, 0.1) is 28.4 Å². The second-order valence-electron chi connectivity index (χ2n) is 11.9. The first-order chi connectivity index (χ1) is 19.2. The third kappa shape index (κ3) is 5.57. The molecule has 8 nitrogen and oxygen atoms in total. The first-order valence-electron chi connectivity index (χ1n) is 14.2. The summed E-state index contributed by atoms with van der Waals surface area (Å²) in [7, 11) is 0. The number of nitrogens with one attached hydrogen (secondary N) is 1. The van der Waals surface area contributed by atoms with E-state index in [1.807, 2.05) is 32.9 Å². The van der Waals surface area contributed by atoms with Crippen molar-refractivity contribution < 1.29 is 23.8 Å². The second-order valence-corrected chi connectivity index (χ2v) is 12.3. The highest BCUT2D eigenvalue weighted by atomic mass is 35.5. The molecule has 1 aromatic heterocycles. The molecule has 3 aromatic rings. The molecule has 0 spiro atoms. The molecular weight excluding hydrogens is 530 g/mol. The highest BCUT2D eigenvalue weighted by molar-refractivity contribution is 6.34. The summed E-state index contributed by atoms with van der Waals surface area (Å²) < 4.78 is 18.7. The van der Waals surface area contributed by atoms with Gasteiger partial charge in [-0.05, 0) is 83.0 Å². The fourth-order valence-corrected chi connectivity index (χ4v) is 5.89. The molecule has 1 unspecified atom stereocenters. The number of halogens is 1. The van der Waals surface area contributed by atoms with Crippen LogP contribution in [0.2, 0.25) is 5.02 Å². The zero-order valence-electron chi connectivity index (χ0n) is 23.3. The van der Waals surface area contributed by atoms with Gasteiger partial charge in [-0.3, -0.25) is 4.79 Å². The van der Waals surface area contributed by atoms with E-state index >= 15 is 0 Å². The molecule has 212 valence electrons. The van der Waals surface area contributed by atoms with Crippen molar-refractivity contribution >= 4 is 34.5 Å². The highest BCUT2D eigenvalue weighted by Gasteiger charge is 2.33. The first kappa shape index (κ1) is 27.1. The number of fused-ring (bicyclic) bond motifs is 2. The Bertz CT molecular complexity index is 1460. The van der Waals surface area contributed by atoms with Crippen LogP contribution < -0.4 is 10.1 Å². The maximum absolute atomic E-state index is 13.7. The average molecular weight is 566 g/mol. The number of epoxide rings is 1. The normalized spacial score (nSPS) is 19.0. The van der Waals surface area contributed by atoms with E-state index in [0.717, 1.165) is 37.0 Å². The fourth-order valence-electron chi connectivity index (χ4n) is 5.62. The summed E-state index contributed by atoms with van der Waals surface area (Å²) in [6, 6.07) is 9.93. The summed E-state index contributed by atoms with van der Waals surface area (Å²) in [6.45, 7) is 10.2. The predicted molar refractivity (Wildman–Crippen MR) is 154 cm³/mol. The molecular formula is C31H36ClN3O5. The van der Waals surface area contributed by atoms with Crippen LogP contribution in [0.5, 0.6) is 5.75 Å². The van der Waals surface area contributed by atoms with Crippen molar-refractivity contribution in [1.82, 2.24) is 14.8 Å². The molecule has 3 aliphatic rings. The number of hydrogen-bond acceptors (Lipinski definition) is 6. The number of aromatic nitrogens is 1. The Morgan fingerprint density at radius 3 is 2.65 bits per heavy atom. The number of benzene rings is 2. The first-order valence-corrected chi connectivity index (χ1v) is 14.5. The van der Waals surface area contributed by atoms with Gasteiger partial charge in [0.1, 0.15) is 24.1 Å². The maximum atomic E-state index is 13.7. The van der Waals surface area contributed by atoms with Crippen molar-refractivity contribution in [3.63, 3.8) is 0 Å². The minimum Gasteiger partial charge on any atom is -0.489 e. The molecule has 1 N–H and O–H groups in total. The number of piperidine rings is 1. The molecule has 2 fully saturated rings. The van der Waals surface area contributed by atoms with Crippen molar-refractivity contribution in [3.05, 3.63) is 52.0 Å². The Labute approximate surface area is 239 Å². The van der Waals surface area contributed by atoms with Gasteiger partial charge in [0, 0.05) is 29.6 Å². The maximum Gasteiger partial charge on any atom is 0.419 e. The molecule has 2 aromatic carbocycles. The quantitative estimate of drug-likeness (QED) is 0.365. The molecule has 0 radical (unpaired) electrons. The molecule has 1 amide bonds. The third-order valence-electron chi connectivity index (χ3n) is 7.69. The number of ether oxygens (including phenoxy) is 3. The lowest BCUT2D eigenvalue weighted by atomic mass is 9.99. The van der Waals surface area contributed by atoms with Crippen molar-refractivity contribution in [2.24, 2.45) is 0 Å². The standard InChI is InChI=1S/C31H36ClN3O5/c1-31(2,3)40-30(37)35-24-8-7-19(9-12-34-10-5-4-6-11-34)13-20(24)14-25(35)22-15-26(39-18-21-17-38-21)28(32)23-16-33-29(36)27(22)23/h7-8,13-15,21H,4-6,9-12,16-18H2,1-3H3,(H,33,36). The van der Waals surface area contributed by atoms with Crippen LogP contribution in [0.1, 0.15) is 61.5 Å².